The van der Waals surface area contributed by atoms with Crippen molar-refractivity contribution in [2.75, 3.05) is 13.2 Å². The molecule has 3 aliphatic rings. The van der Waals surface area contributed by atoms with Crippen LogP contribution in [0.25, 0.3) is 0 Å². The van der Waals surface area contributed by atoms with Gasteiger partial charge >= 0.3 is 12.2 Å². The molecule has 192 valence electrons. The molecule has 0 aromatic heterocycles. The second-order valence-corrected chi connectivity index (χ2v) is 10.3. The third-order valence-corrected chi connectivity index (χ3v) is 7.97. The van der Waals surface area contributed by atoms with Gasteiger partial charge in [0, 0.05) is 19.1 Å². The van der Waals surface area contributed by atoms with Crippen molar-refractivity contribution in [1.29, 1.82) is 0 Å². The topological polar surface area (TPSA) is 115 Å². The third-order valence-electron chi connectivity index (χ3n) is 7.97. The Kier molecular flexibility index (Phi) is 7.84. The van der Waals surface area contributed by atoms with Crippen LogP contribution in [0, 0.1) is 17.3 Å². The molecule has 1 aliphatic heterocycles. The van der Waals surface area contributed by atoms with E-state index in [1.54, 1.807) is 4.90 Å². The van der Waals surface area contributed by atoms with Crippen molar-refractivity contribution in [3.8, 4) is 0 Å². The predicted molar refractivity (Wildman–Crippen MR) is 131 cm³/mol. The van der Waals surface area contributed by atoms with Gasteiger partial charge in [-0.25, -0.2) is 9.59 Å². The summed E-state index contributed by atoms with van der Waals surface area (Å²) in [6.45, 7) is 7.53. The number of nitrogens with two attached hydrogens (primary N) is 1. The summed E-state index contributed by atoms with van der Waals surface area (Å²) in [5, 5.41) is 3.00. The molecule has 1 saturated heterocycles. The van der Waals surface area contributed by atoms with Crippen molar-refractivity contribution in [3.63, 3.8) is 0 Å². The minimum absolute atomic E-state index is 0.0104. The fourth-order valence-electron chi connectivity index (χ4n) is 6.06. The molecule has 5 unspecified atom stereocenters. The average Bonchev–Trinajstić information content (AvgIpc) is 3.25. The molecule has 0 radical (unpaired) electrons. The van der Waals surface area contributed by atoms with Crippen molar-refractivity contribution >= 4 is 18.1 Å². The highest BCUT2D eigenvalue weighted by Crippen LogP contribution is 2.58. The van der Waals surface area contributed by atoms with Crippen LogP contribution < -0.4 is 11.1 Å². The zero-order valence-electron chi connectivity index (χ0n) is 20.9. The quantitative estimate of drug-likeness (QED) is 0.461. The van der Waals surface area contributed by atoms with Gasteiger partial charge in [0.1, 0.15) is 12.7 Å². The molecule has 4 rings (SSSR count). The molecule has 2 saturated carbocycles. The number of aliphatic imine (C=N–C) groups is 1. The van der Waals surface area contributed by atoms with E-state index in [2.05, 4.69) is 24.2 Å². The number of likely N-dealkylation sites (tertiary alicyclic amines) is 1. The maximum Gasteiger partial charge on any atom is 0.437 e. The van der Waals surface area contributed by atoms with E-state index in [0.29, 0.717) is 31.4 Å². The van der Waals surface area contributed by atoms with Gasteiger partial charge in [0.15, 0.2) is 6.23 Å². The number of hydrogen-bond acceptors (Lipinski definition) is 5. The van der Waals surface area contributed by atoms with Crippen LogP contribution in [0.1, 0.15) is 58.4 Å². The first-order valence-electron chi connectivity index (χ1n) is 12.7. The molecule has 2 bridgehead atoms. The number of carbonyl (C=O) groups is 2. The van der Waals surface area contributed by atoms with Gasteiger partial charge in [-0.1, -0.05) is 44.2 Å². The van der Waals surface area contributed by atoms with E-state index >= 15 is 0 Å². The molecule has 9 nitrogen and oxygen atoms in total. The van der Waals surface area contributed by atoms with Crippen molar-refractivity contribution in [1.82, 2.24) is 10.2 Å². The summed E-state index contributed by atoms with van der Waals surface area (Å²) >= 11 is 0. The normalized spacial score (nSPS) is 29.6. The van der Waals surface area contributed by atoms with E-state index in [4.69, 9.17) is 19.9 Å². The Bertz CT molecular complexity index is 922. The lowest BCUT2D eigenvalue weighted by molar-refractivity contribution is -0.0632. The van der Waals surface area contributed by atoms with Gasteiger partial charge in [-0.2, -0.15) is 0 Å². The number of nitrogens with one attached hydrogen (secondary N) is 1. The minimum Gasteiger partial charge on any atom is -0.446 e. The average molecular weight is 487 g/mol. The molecular formula is C26H38N4O5. The van der Waals surface area contributed by atoms with Crippen LogP contribution >= 0.6 is 0 Å². The van der Waals surface area contributed by atoms with Crippen molar-refractivity contribution in [3.05, 3.63) is 35.9 Å². The van der Waals surface area contributed by atoms with Crippen LogP contribution in [0.2, 0.25) is 0 Å². The smallest absolute Gasteiger partial charge is 0.437 e. The van der Waals surface area contributed by atoms with Gasteiger partial charge in [0.05, 0.1) is 6.04 Å². The van der Waals surface area contributed by atoms with Crippen LogP contribution in [0.4, 0.5) is 9.59 Å². The SMILES string of the molecule is CCOC1C(NC(=O)OC2CC3CCC2C3(C)C)CCCN1/C(N)=N/C(=O)OCc1ccccc1. The lowest BCUT2D eigenvalue weighted by Crippen LogP contribution is -2.60. The van der Waals surface area contributed by atoms with Crippen molar-refractivity contribution in [2.24, 2.45) is 28.0 Å². The Hall–Kier alpha value is -2.81. The largest absolute Gasteiger partial charge is 0.446 e. The highest BCUT2D eigenvalue weighted by atomic mass is 16.6. The summed E-state index contributed by atoms with van der Waals surface area (Å²) in [7, 11) is 0. The number of piperidine rings is 1. The Morgan fingerprint density at radius 3 is 2.63 bits per heavy atom. The van der Waals surface area contributed by atoms with E-state index in [1.165, 1.54) is 6.42 Å². The van der Waals surface area contributed by atoms with E-state index < -0.39 is 18.4 Å². The number of benzene rings is 1. The Morgan fingerprint density at radius 2 is 1.97 bits per heavy atom. The summed E-state index contributed by atoms with van der Waals surface area (Å²) in [6.07, 6.45) is 2.94. The Labute approximate surface area is 207 Å². The molecule has 2 aliphatic carbocycles. The van der Waals surface area contributed by atoms with Crippen LogP contribution in [-0.4, -0.2) is 54.6 Å². The molecular weight excluding hydrogens is 448 g/mol. The summed E-state index contributed by atoms with van der Waals surface area (Å²) in [6, 6.07) is 9.03. The molecule has 0 spiro atoms. The fourth-order valence-corrected chi connectivity index (χ4v) is 6.06. The summed E-state index contributed by atoms with van der Waals surface area (Å²) < 4.78 is 17.0. The van der Waals surface area contributed by atoms with Crippen molar-refractivity contribution < 1.29 is 23.8 Å². The lowest BCUT2D eigenvalue weighted by Gasteiger charge is -2.41. The van der Waals surface area contributed by atoms with Crippen LogP contribution in [0.15, 0.2) is 35.3 Å². The second-order valence-electron chi connectivity index (χ2n) is 10.3. The third kappa shape index (κ3) is 5.72. The number of alkyl carbamates (subject to hydrolysis) is 1. The second kappa shape index (κ2) is 10.8. The maximum absolute atomic E-state index is 12.8. The molecule has 1 aromatic rings. The van der Waals surface area contributed by atoms with Gasteiger partial charge in [-0.05, 0) is 55.9 Å². The van der Waals surface area contributed by atoms with Gasteiger partial charge in [-0.3, -0.25) is 0 Å². The fraction of sp³-hybridized carbons (Fsp3) is 0.654. The van der Waals surface area contributed by atoms with Crippen LogP contribution in [-0.2, 0) is 20.8 Å². The number of rotatable bonds is 6. The molecule has 1 aromatic carbocycles. The van der Waals surface area contributed by atoms with Gasteiger partial charge in [0.25, 0.3) is 0 Å². The minimum atomic E-state index is -0.769. The number of carbonyl (C=O) groups excluding carboxylic acids is 2. The first kappa shape index (κ1) is 25.3. The predicted octanol–water partition coefficient (Wildman–Crippen LogP) is 4.02. The number of fused-ring (bicyclic) bond motifs is 2. The summed E-state index contributed by atoms with van der Waals surface area (Å²) in [5.74, 6) is 1.04. The first-order valence-corrected chi connectivity index (χ1v) is 12.7. The number of nitrogens with zero attached hydrogens (tertiary/aromatic N) is 2. The molecule has 5 atom stereocenters. The van der Waals surface area contributed by atoms with E-state index in [0.717, 1.165) is 24.8 Å². The molecule has 3 fully saturated rings. The van der Waals surface area contributed by atoms with Crippen LogP contribution in [0.5, 0.6) is 0 Å². The maximum atomic E-state index is 12.8. The molecule has 3 N–H and O–H groups in total. The molecule has 2 amide bonds. The number of amides is 2. The lowest BCUT2D eigenvalue weighted by atomic mass is 9.82. The number of ether oxygens (including phenoxy) is 3. The monoisotopic (exact) mass is 486 g/mol. The highest BCUT2D eigenvalue weighted by molar-refractivity contribution is 5.89. The molecule has 9 heteroatoms. The van der Waals surface area contributed by atoms with Gasteiger partial charge in [0.2, 0.25) is 5.96 Å². The van der Waals surface area contributed by atoms with Gasteiger partial charge < -0.3 is 30.2 Å². The first-order chi connectivity index (χ1) is 16.8. The number of hydrogen-bond donors (Lipinski definition) is 2. The zero-order chi connectivity index (χ0) is 25.0. The summed E-state index contributed by atoms with van der Waals surface area (Å²) in [5.41, 5.74) is 7.27. The Morgan fingerprint density at radius 1 is 1.20 bits per heavy atom. The van der Waals surface area contributed by atoms with E-state index in [1.807, 2.05) is 37.3 Å². The highest BCUT2D eigenvalue weighted by Gasteiger charge is 2.55. The zero-order valence-corrected chi connectivity index (χ0v) is 20.9. The van der Waals surface area contributed by atoms with Crippen LogP contribution in [0.3, 0.4) is 0 Å². The number of guanidine groups is 1. The van der Waals surface area contributed by atoms with E-state index in [9.17, 15) is 9.59 Å². The van der Waals surface area contributed by atoms with Gasteiger partial charge in [-0.15, -0.1) is 4.99 Å². The van der Waals surface area contributed by atoms with E-state index in [-0.39, 0.29) is 30.1 Å². The Balaban J connectivity index is 1.35. The summed E-state index contributed by atoms with van der Waals surface area (Å²) in [4.78, 5) is 30.7. The molecule has 1 heterocycles. The molecule has 35 heavy (non-hydrogen) atoms. The standard InChI is InChI=1S/C26H38N4O5/c1-4-33-22-20(28-25(32)35-21-15-18-12-13-19(21)26(18,2)3)11-8-14-30(22)23(27)29-24(31)34-16-17-9-6-5-7-10-17/h5-7,9-10,18-22H,4,8,11-16H2,1-3H3,(H,28,32)(H2,27,29,31). The van der Waals surface area contributed by atoms with Crippen molar-refractivity contribution in [2.45, 2.75) is 77.9 Å².